The first-order chi connectivity index (χ1) is 9.96. The fourth-order valence-corrected chi connectivity index (χ4v) is 2.16. The Balaban J connectivity index is 0.00000242. The second kappa shape index (κ2) is 8.24. The zero-order valence-corrected chi connectivity index (χ0v) is 12.6. The van der Waals surface area contributed by atoms with Gasteiger partial charge in [0.2, 0.25) is 5.91 Å². The summed E-state index contributed by atoms with van der Waals surface area (Å²) in [6, 6.07) is 6.39. The van der Waals surface area contributed by atoms with Crippen LogP contribution in [0.3, 0.4) is 0 Å². The molecule has 1 aliphatic heterocycles. The maximum absolute atomic E-state index is 12.2. The van der Waals surface area contributed by atoms with Crippen molar-refractivity contribution in [3.63, 3.8) is 0 Å². The molecule has 1 heterocycles. The van der Waals surface area contributed by atoms with Gasteiger partial charge in [-0.15, -0.1) is 12.4 Å². The van der Waals surface area contributed by atoms with E-state index in [1.54, 1.807) is 18.2 Å². The van der Waals surface area contributed by atoms with Gasteiger partial charge in [0, 0.05) is 18.7 Å². The average Bonchev–Trinajstić information content (AvgIpc) is 2.96. The van der Waals surface area contributed by atoms with Gasteiger partial charge >= 0.3 is 6.18 Å². The molecular weight excluding hydrogens is 321 g/mol. The standard InChI is InChI=1S/C14H17F3N2O2.ClH/c15-14(16,17)9-21-12-4-2-1-3-10(12)8-19-13(20)11-5-6-18-7-11;/h1-4,11,18H,5-9H2,(H,19,20);1H. The van der Waals surface area contributed by atoms with Crippen molar-refractivity contribution in [1.82, 2.24) is 10.6 Å². The molecule has 2 N–H and O–H groups in total. The van der Waals surface area contributed by atoms with Crippen molar-refractivity contribution in [3.8, 4) is 5.75 Å². The molecule has 1 aromatic rings. The van der Waals surface area contributed by atoms with Gasteiger partial charge in [-0.3, -0.25) is 4.79 Å². The normalized spacial score (nSPS) is 17.7. The van der Waals surface area contributed by atoms with Crippen LogP contribution in [0.1, 0.15) is 12.0 Å². The van der Waals surface area contributed by atoms with Crippen LogP contribution < -0.4 is 15.4 Å². The molecule has 2 rings (SSSR count). The van der Waals surface area contributed by atoms with E-state index in [0.29, 0.717) is 12.1 Å². The Bertz CT molecular complexity index is 491. The summed E-state index contributed by atoms with van der Waals surface area (Å²) >= 11 is 0. The van der Waals surface area contributed by atoms with Crippen molar-refractivity contribution in [2.75, 3.05) is 19.7 Å². The van der Waals surface area contributed by atoms with Crippen molar-refractivity contribution >= 4 is 18.3 Å². The molecule has 0 radical (unpaired) electrons. The van der Waals surface area contributed by atoms with Crippen LogP contribution in [0.15, 0.2) is 24.3 Å². The van der Waals surface area contributed by atoms with E-state index in [0.717, 1.165) is 13.0 Å². The third kappa shape index (κ3) is 5.73. The molecule has 0 bridgehead atoms. The molecule has 0 aromatic heterocycles. The van der Waals surface area contributed by atoms with Gasteiger partial charge in [-0.05, 0) is 19.0 Å². The fraction of sp³-hybridized carbons (Fsp3) is 0.500. The molecule has 1 atom stereocenters. The molecule has 1 fully saturated rings. The second-order valence-electron chi connectivity index (χ2n) is 4.92. The Labute approximate surface area is 132 Å². The summed E-state index contributed by atoms with van der Waals surface area (Å²) in [4.78, 5) is 11.9. The summed E-state index contributed by atoms with van der Waals surface area (Å²) in [7, 11) is 0. The van der Waals surface area contributed by atoms with E-state index >= 15 is 0 Å². The van der Waals surface area contributed by atoms with Gasteiger partial charge in [0.1, 0.15) is 5.75 Å². The summed E-state index contributed by atoms with van der Waals surface area (Å²) < 4.78 is 41.3. The Morgan fingerprint density at radius 1 is 1.36 bits per heavy atom. The van der Waals surface area contributed by atoms with Gasteiger partial charge in [0.15, 0.2) is 6.61 Å². The first-order valence-corrected chi connectivity index (χ1v) is 6.71. The molecule has 0 aliphatic carbocycles. The lowest BCUT2D eigenvalue weighted by Gasteiger charge is -2.14. The van der Waals surface area contributed by atoms with Crippen molar-refractivity contribution in [2.24, 2.45) is 5.92 Å². The molecule has 22 heavy (non-hydrogen) atoms. The molecule has 0 spiro atoms. The van der Waals surface area contributed by atoms with Crippen LogP contribution in [0.5, 0.6) is 5.75 Å². The van der Waals surface area contributed by atoms with Crippen LogP contribution in [-0.4, -0.2) is 31.8 Å². The first-order valence-electron chi connectivity index (χ1n) is 6.71. The number of carbonyl (C=O) groups is 1. The minimum Gasteiger partial charge on any atom is -0.484 e. The number of hydrogen-bond acceptors (Lipinski definition) is 3. The lowest BCUT2D eigenvalue weighted by Crippen LogP contribution is -2.31. The number of rotatable bonds is 5. The van der Waals surface area contributed by atoms with Crippen molar-refractivity contribution in [3.05, 3.63) is 29.8 Å². The maximum atomic E-state index is 12.2. The highest BCUT2D eigenvalue weighted by Gasteiger charge is 2.29. The lowest BCUT2D eigenvalue weighted by atomic mass is 10.1. The minimum absolute atomic E-state index is 0. The van der Waals surface area contributed by atoms with E-state index in [1.807, 2.05) is 0 Å². The number of ether oxygens (including phenoxy) is 1. The monoisotopic (exact) mass is 338 g/mol. The van der Waals surface area contributed by atoms with Crippen molar-refractivity contribution in [2.45, 2.75) is 19.1 Å². The van der Waals surface area contributed by atoms with E-state index < -0.39 is 12.8 Å². The summed E-state index contributed by atoms with van der Waals surface area (Å²) in [5.41, 5.74) is 0.529. The molecule has 1 saturated heterocycles. The SMILES string of the molecule is Cl.O=C(NCc1ccccc1OCC(F)(F)F)C1CCNC1. The van der Waals surface area contributed by atoms with Crippen LogP contribution in [0.2, 0.25) is 0 Å². The van der Waals surface area contributed by atoms with Gasteiger partial charge < -0.3 is 15.4 Å². The van der Waals surface area contributed by atoms with E-state index in [4.69, 9.17) is 4.74 Å². The maximum Gasteiger partial charge on any atom is 0.422 e. The van der Waals surface area contributed by atoms with Crippen LogP contribution >= 0.6 is 12.4 Å². The molecular formula is C14H18ClF3N2O2. The Morgan fingerprint density at radius 3 is 2.73 bits per heavy atom. The highest BCUT2D eigenvalue weighted by atomic mass is 35.5. The zero-order chi connectivity index (χ0) is 15.3. The largest absolute Gasteiger partial charge is 0.484 e. The number of para-hydroxylation sites is 1. The third-order valence-corrected chi connectivity index (χ3v) is 3.25. The predicted molar refractivity (Wildman–Crippen MR) is 78.1 cm³/mol. The Kier molecular flexibility index (Phi) is 6.96. The molecule has 1 aromatic carbocycles. The van der Waals surface area contributed by atoms with E-state index in [2.05, 4.69) is 10.6 Å². The van der Waals surface area contributed by atoms with E-state index in [1.165, 1.54) is 6.07 Å². The first kappa shape index (κ1) is 18.6. The number of benzene rings is 1. The number of hydrogen-bond donors (Lipinski definition) is 2. The summed E-state index contributed by atoms with van der Waals surface area (Å²) in [5.74, 6) is -0.0291. The molecule has 4 nitrogen and oxygen atoms in total. The smallest absolute Gasteiger partial charge is 0.422 e. The number of amides is 1. The van der Waals surface area contributed by atoms with E-state index in [9.17, 15) is 18.0 Å². The molecule has 1 aliphatic rings. The van der Waals surface area contributed by atoms with Crippen LogP contribution in [0, 0.1) is 5.92 Å². The minimum atomic E-state index is -4.38. The van der Waals surface area contributed by atoms with Gasteiger partial charge in [0.25, 0.3) is 0 Å². The number of nitrogens with one attached hydrogen (secondary N) is 2. The topological polar surface area (TPSA) is 50.4 Å². The average molecular weight is 339 g/mol. The van der Waals surface area contributed by atoms with Gasteiger partial charge in [-0.2, -0.15) is 13.2 Å². The van der Waals surface area contributed by atoms with Gasteiger partial charge in [-0.1, -0.05) is 18.2 Å². The third-order valence-electron chi connectivity index (χ3n) is 3.25. The second-order valence-corrected chi connectivity index (χ2v) is 4.92. The van der Waals surface area contributed by atoms with Crippen LogP contribution in [0.4, 0.5) is 13.2 Å². The lowest BCUT2D eigenvalue weighted by molar-refractivity contribution is -0.153. The molecule has 1 unspecified atom stereocenters. The highest BCUT2D eigenvalue weighted by molar-refractivity contribution is 5.85. The van der Waals surface area contributed by atoms with E-state index in [-0.39, 0.29) is 36.5 Å². The Hall–Kier alpha value is -1.47. The van der Waals surface area contributed by atoms with Crippen molar-refractivity contribution in [1.29, 1.82) is 0 Å². The number of carbonyl (C=O) groups excluding carboxylic acids is 1. The quantitative estimate of drug-likeness (QED) is 0.866. The van der Waals surface area contributed by atoms with Crippen molar-refractivity contribution < 1.29 is 22.7 Å². The van der Waals surface area contributed by atoms with Gasteiger partial charge in [0.05, 0.1) is 5.92 Å². The molecule has 1 amide bonds. The fourth-order valence-electron chi connectivity index (χ4n) is 2.16. The molecule has 8 heteroatoms. The Morgan fingerprint density at radius 2 is 2.09 bits per heavy atom. The zero-order valence-electron chi connectivity index (χ0n) is 11.8. The number of halogens is 4. The molecule has 124 valence electrons. The predicted octanol–water partition coefficient (Wildman–Crippen LogP) is 2.28. The van der Waals surface area contributed by atoms with Gasteiger partial charge in [-0.25, -0.2) is 0 Å². The van der Waals surface area contributed by atoms with Crippen LogP contribution in [0.25, 0.3) is 0 Å². The summed E-state index contributed by atoms with van der Waals surface area (Å²) in [6.45, 7) is 0.259. The highest BCUT2D eigenvalue weighted by Crippen LogP contribution is 2.22. The molecule has 0 saturated carbocycles. The number of alkyl halides is 3. The summed E-state index contributed by atoms with van der Waals surface area (Å²) in [5, 5.41) is 5.83. The summed E-state index contributed by atoms with van der Waals surface area (Å²) in [6.07, 6.45) is -3.61. The van der Waals surface area contributed by atoms with Crippen LogP contribution in [-0.2, 0) is 11.3 Å².